The standard InChI is InChI=1S/C21H26BrN3O3S/c1-16(2)17-3-9-20(10-4-17)29(27,28)25-13-11-24(12-14-25)15-21(26)23-19-7-5-18(22)6-8-19/h3-10,16H,11-15H2,1-2H3,(H,23,26). The van der Waals surface area contributed by atoms with Crippen molar-refractivity contribution in [2.45, 2.75) is 24.7 Å². The van der Waals surface area contributed by atoms with Crippen molar-refractivity contribution < 1.29 is 13.2 Å². The number of amides is 1. The van der Waals surface area contributed by atoms with E-state index in [0.29, 0.717) is 37.0 Å². The number of hydrogen-bond donors (Lipinski definition) is 1. The van der Waals surface area contributed by atoms with Gasteiger partial charge in [0.1, 0.15) is 0 Å². The number of nitrogens with one attached hydrogen (secondary N) is 1. The monoisotopic (exact) mass is 479 g/mol. The molecule has 1 N–H and O–H groups in total. The molecule has 0 spiro atoms. The van der Waals surface area contributed by atoms with Gasteiger partial charge in [0.15, 0.2) is 0 Å². The number of hydrogen-bond acceptors (Lipinski definition) is 4. The van der Waals surface area contributed by atoms with Gasteiger partial charge in [-0.15, -0.1) is 0 Å². The van der Waals surface area contributed by atoms with Crippen LogP contribution in [0, 0.1) is 0 Å². The molecule has 156 valence electrons. The smallest absolute Gasteiger partial charge is 0.243 e. The molecule has 0 aromatic heterocycles. The number of halogens is 1. The lowest BCUT2D eigenvalue weighted by Gasteiger charge is -2.33. The number of carbonyl (C=O) groups excluding carboxylic acids is 1. The molecule has 1 fully saturated rings. The van der Waals surface area contributed by atoms with Gasteiger partial charge in [0, 0.05) is 36.3 Å². The summed E-state index contributed by atoms with van der Waals surface area (Å²) in [6.07, 6.45) is 0. The van der Waals surface area contributed by atoms with Crippen molar-refractivity contribution in [3.05, 3.63) is 58.6 Å². The number of nitrogens with zero attached hydrogens (tertiary/aromatic N) is 2. The van der Waals surface area contributed by atoms with Crippen molar-refractivity contribution in [2.75, 3.05) is 38.0 Å². The highest BCUT2D eigenvalue weighted by molar-refractivity contribution is 9.10. The average molecular weight is 480 g/mol. The first kappa shape index (κ1) is 22.0. The lowest BCUT2D eigenvalue weighted by Crippen LogP contribution is -2.50. The van der Waals surface area contributed by atoms with Gasteiger partial charge in [-0.1, -0.05) is 41.9 Å². The predicted octanol–water partition coefficient (Wildman–Crippen LogP) is 3.52. The molecular weight excluding hydrogens is 454 g/mol. The van der Waals surface area contributed by atoms with E-state index in [0.717, 1.165) is 15.7 Å². The van der Waals surface area contributed by atoms with Crippen LogP contribution in [-0.4, -0.2) is 56.3 Å². The predicted molar refractivity (Wildman–Crippen MR) is 119 cm³/mol. The van der Waals surface area contributed by atoms with Gasteiger partial charge in [-0.3, -0.25) is 9.69 Å². The van der Waals surface area contributed by atoms with E-state index in [2.05, 4.69) is 35.1 Å². The fourth-order valence-corrected chi connectivity index (χ4v) is 4.93. The van der Waals surface area contributed by atoms with Crippen LogP contribution in [0.1, 0.15) is 25.3 Å². The Morgan fingerprint density at radius 2 is 1.59 bits per heavy atom. The molecule has 6 nitrogen and oxygen atoms in total. The summed E-state index contributed by atoms with van der Waals surface area (Å²) >= 11 is 3.36. The molecule has 2 aromatic rings. The fourth-order valence-electron chi connectivity index (χ4n) is 3.24. The molecule has 0 radical (unpaired) electrons. The van der Waals surface area contributed by atoms with E-state index in [1.54, 1.807) is 12.1 Å². The maximum atomic E-state index is 12.9. The number of piperazine rings is 1. The van der Waals surface area contributed by atoms with E-state index >= 15 is 0 Å². The Balaban J connectivity index is 1.54. The molecule has 1 amide bonds. The average Bonchev–Trinajstić information content (AvgIpc) is 2.70. The topological polar surface area (TPSA) is 69.7 Å². The van der Waals surface area contributed by atoms with Crippen molar-refractivity contribution in [1.29, 1.82) is 0 Å². The Morgan fingerprint density at radius 3 is 2.14 bits per heavy atom. The number of carbonyl (C=O) groups is 1. The van der Waals surface area contributed by atoms with Crippen LogP contribution in [0.25, 0.3) is 0 Å². The minimum Gasteiger partial charge on any atom is -0.325 e. The molecule has 1 heterocycles. The summed E-state index contributed by atoms with van der Waals surface area (Å²) in [5.74, 6) is 0.256. The number of benzene rings is 2. The zero-order chi connectivity index (χ0) is 21.0. The van der Waals surface area contributed by atoms with Crippen LogP contribution in [0.3, 0.4) is 0 Å². The maximum absolute atomic E-state index is 12.9. The van der Waals surface area contributed by atoms with Gasteiger partial charge < -0.3 is 5.32 Å². The van der Waals surface area contributed by atoms with E-state index in [4.69, 9.17) is 0 Å². The molecule has 1 saturated heterocycles. The van der Waals surface area contributed by atoms with Crippen LogP contribution in [0.5, 0.6) is 0 Å². The third-order valence-electron chi connectivity index (χ3n) is 5.01. The first-order chi connectivity index (χ1) is 13.8. The van der Waals surface area contributed by atoms with Crippen molar-refractivity contribution in [1.82, 2.24) is 9.21 Å². The van der Waals surface area contributed by atoms with Crippen LogP contribution >= 0.6 is 15.9 Å². The van der Waals surface area contributed by atoms with E-state index in [1.807, 2.05) is 41.3 Å². The summed E-state index contributed by atoms with van der Waals surface area (Å²) in [5, 5.41) is 2.86. The fraction of sp³-hybridized carbons (Fsp3) is 0.381. The molecule has 3 rings (SSSR count). The molecule has 1 aliphatic rings. The molecule has 0 bridgehead atoms. The lowest BCUT2D eigenvalue weighted by molar-refractivity contribution is -0.117. The summed E-state index contributed by atoms with van der Waals surface area (Å²) in [4.78, 5) is 14.6. The number of anilines is 1. The van der Waals surface area contributed by atoms with E-state index in [9.17, 15) is 13.2 Å². The van der Waals surface area contributed by atoms with Gasteiger partial charge in [-0.25, -0.2) is 8.42 Å². The maximum Gasteiger partial charge on any atom is 0.243 e. The number of sulfonamides is 1. The molecule has 0 aliphatic carbocycles. The zero-order valence-corrected chi connectivity index (χ0v) is 19.0. The lowest BCUT2D eigenvalue weighted by atomic mass is 10.0. The highest BCUT2D eigenvalue weighted by atomic mass is 79.9. The van der Waals surface area contributed by atoms with E-state index in [1.165, 1.54) is 4.31 Å². The van der Waals surface area contributed by atoms with E-state index < -0.39 is 10.0 Å². The molecule has 8 heteroatoms. The highest BCUT2D eigenvalue weighted by Crippen LogP contribution is 2.21. The Hall–Kier alpha value is -1.74. The second kappa shape index (κ2) is 9.38. The first-order valence-corrected chi connectivity index (χ1v) is 11.9. The number of rotatable bonds is 6. The summed E-state index contributed by atoms with van der Waals surface area (Å²) in [6, 6.07) is 14.5. The second-order valence-electron chi connectivity index (χ2n) is 7.46. The van der Waals surface area contributed by atoms with Crippen LogP contribution in [0.15, 0.2) is 57.9 Å². The molecule has 0 unspecified atom stereocenters. The largest absolute Gasteiger partial charge is 0.325 e. The summed E-state index contributed by atoms with van der Waals surface area (Å²) in [7, 11) is -3.51. The van der Waals surface area contributed by atoms with Crippen molar-refractivity contribution in [3.63, 3.8) is 0 Å². The van der Waals surface area contributed by atoms with Gasteiger partial charge in [0.05, 0.1) is 11.4 Å². The summed E-state index contributed by atoms with van der Waals surface area (Å²) in [5.41, 5.74) is 1.86. The molecule has 0 saturated carbocycles. The highest BCUT2D eigenvalue weighted by Gasteiger charge is 2.29. The van der Waals surface area contributed by atoms with Crippen LogP contribution in [0.2, 0.25) is 0 Å². The Labute approximate surface area is 181 Å². The first-order valence-electron chi connectivity index (χ1n) is 9.63. The third kappa shape index (κ3) is 5.66. The molecular formula is C21H26BrN3O3S. The second-order valence-corrected chi connectivity index (χ2v) is 10.3. The van der Waals surface area contributed by atoms with Crippen molar-refractivity contribution in [2.24, 2.45) is 0 Å². The summed E-state index contributed by atoms with van der Waals surface area (Å²) < 4.78 is 28.2. The molecule has 2 aromatic carbocycles. The third-order valence-corrected chi connectivity index (χ3v) is 7.45. The zero-order valence-electron chi connectivity index (χ0n) is 16.6. The molecule has 0 atom stereocenters. The van der Waals surface area contributed by atoms with Gasteiger partial charge >= 0.3 is 0 Å². The van der Waals surface area contributed by atoms with Crippen LogP contribution < -0.4 is 5.32 Å². The van der Waals surface area contributed by atoms with Crippen molar-refractivity contribution >= 4 is 37.5 Å². The molecule has 29 heavy (non-hydrogen) atoms. The molecule has 1 aliphatic heterocycles. The Morgan fingerprint density at radius 1 is 1.00 bits per heavy atom. The van der Waals surface area contributed by atoms with E-state index in [-0.39, 0.29) is 12.5 Å². The normalized spacial score (nSPS) is 16.1. The van der Waals surface area contributed by atoms with Crippen LogP contribution in [-0.2, 0) is 14.8 Å². The van der Waals surface area contributed by atoms with Crippen molar-refractivity contribution in [3.8, 4) is 0 Å². The van der Waals surface area contributed by atoms with Gasteiger partial charge in [0.2, 0.25) is 15.9 Å². The Kier molecular flexibility index (Phi) is 7.10. The van der Waals surface area contributed by atoms with Gasteiger partial charge in [-0.2, -0.15) is 4.31 Å². The van der Waals surface area contributed by atoms with Gasteiger partial charge in [0.25, 0.3) is 0 Å². The summed E-state index contributed by atoms with van der Waals surface area (Å²) in [6.45, 7) is 6.20. The minimum atomic E-state index is -3.51. The Bertz CT molecular complexity index is 936. The van der Waals surface area contributed by atoms with Gasteiger partial charge in [-0.05, 0) is 47.9 Å². The SMILES string of the molecule is CC(C)c1ccc(S(=O)(=O)N2CCN(CC(=O)Nc3ccc(Br)cc3)CC2)cc1. The quantitative estimate of drug-likeness (QED) is 0.687. The minimum absolute atomic E-state index is 0.104. The van der Waals surface area contributed by atoms with Crippen LogP contribution in [0.4, 0.5) is 5.69 Å².